The predicted octanol–water partition coefficient (Wildman–Crippen LogP) is 17.5. The van der Waals surface area contributed by atoms with Gasteiger partial charge in [-0.05, 0) is 143 Å². The predicted molar refractivity (Wildman–Crippen MR) is 270 cm³/mol. The molecule has 0 aromatic heterocycles. The van der Waals surface area contributed by atoms with Crippen LogP contribution in [0.4, 0.5) is 17.1 Å². The molecule has 0 unspecified atom stereocenters. The van der Waals surface area contributed by atoms with Crippen molar-refractivity contribution in [3.05, 3.63) is 185 Å². The highest BCUT2D eigenvalue weighted by Gasteiger charge is 2.45. The summed E-state index contributed by atoms with van der Waals surface area (Å²) in [6.07, 6.45) is 4.95. The van der Waals surface area contributed by atoms with Crippen molar-refractivity contribution in [1.29, 1.82) is 0 Å². The summed E-state index contributed by atoms with van der Waals surface area (Å²) in [5.41, 5.74) is 24.0. The Balaban J connectivity index is 1.25. The summed E-state index contributed by atoms with van der Waals surface area (Å²) < 4.78 is 0. The highest BCUT2D eigenvalue weighted by atomic mass is 15.1. The summed E-state index contributed by atoms with van der Waals surface area (Å²) in [7, 11) is 0. The maximum Gasteiger partial charge on any atom is 0.0540 e. The molecule has 10 rings (SSSR count). The molecule has 3 aliphatic rings. The van der Waals surface area contributed by atoms with Crippen LogP contribution in [0.15, 0.2) is 146 Å². The van der Waals surface area contributed by atoms with E-state index in [1.165, 1.54) is 126 Å². The summed E-state index contributed by atoms with van der Waals surface area (Å²) in [4.78, 5) is 2.60. The molecular weight excluding hydrogens is 759 g/mol. The van der Waals surface area contributed by atoms with Crippen LogP contribution in [-0.2, 0) is 27.1 Å². The average Bonchev–Trinajstić information content (AvgIpc) is 3.92. The lowest BCUT2D eigenvalue weighted by Crippen LogP contribution is -2.21. The number of rotatable bonds is 5. The lowest BCUT2D eigenvalue weighted by molar-refractivity contribution is 0.550. The van der Waals surface area contributed by atoms with Crippen LogP contribution >= 0.6 is 0 Å². The highest BCUT2D eigenvalue weighted by molar-refractivity contribution is 5.94. The molecule has 3 aliphatic carbocycles. The smallest absolute Gasteiger partial charge is 0.0540 e. The van der Waals surface area contributed by atoms with Gasteiger partial charge in [0.15, 0.2) is 0 Å². The summed E-state index contributed by atoms with van der Waals surface area (Å²) in [6.45, 7) is 25.8. The van der Waals surface area contributed by atoms with Crippen LogP contribution in [0.2, 0.25) is 0 Å². The topological polar surface area (TPSA) is 3.24 Å². The maximum atomic E-state index is 2.60. The fourth-order valence-electron chi connectivity index (χ4n) is 11.3. The standard InChI is InChI=1S/C62H65N/c1-58(2,3)43-20-18-19-41(33-43)52-36-40(42-34-44(59(4,5)6)37-45(35-42)60(7,8)9)25-30-57(52)63(46-26-28-50-48-21-12-14-23-53(48)61(10,11)55(50)38-46)47-27-29-51-49-22-13-15-24-54(49)62(56(51)39-47)31-16-17-32-62/h12-15,18-30,33-39H,16-17,31-32H2,1-11H3. The first-order valence-electron chi connectivity index (χ1n) is 23.6. The highest BCUT2D eigenvalue weighted by Crippen LogP contribution is 2.59. The van der Waals surface area contributed by atoms with Crippen LogP contribution in [0.1, 0.15) is 141 Å². The van der Waals surface area contributed by atoms with E-state index >= 15 is 0 Å². The molecule has 0 heterocycles. The van der Waals surface area contributed by atoms with Gasteiger partial charge in [0.25, 0.3) is 0 Å². The van der Waals surface area contributed by atoms with Crippen LogP contribution in [0.25, 0.3) is 44.5 Å². The average molecular weight is 824 g/mol. The van der Waals surface area contributed by atoms with Gasteiger partial charge in [0, 0.05) is 27.8 Å². The molecule has 0 atom stereocenters. The van der Waals surface area contributed by atoms with Crippen molar-refractivity contribution in [3.8, 4) is 44.5 Å². The van der Waals surface area contributed by atoms with E-state index in [4.69, 9.17) is 0 Å². The molecular formula is C62H65N. The van der Waals surface area contributed by atoms with E-state index in [9.17, 15) is 0 Å². The maximum absolute atomic E-state index is 2.60. The van der Waals surface area contributed by atoms with Gasteiger partial charge in [-0.3, -0.25) is 0 Å². The first-order valence-corrected chi connectivity index (χ1v) is 23.6. The molecule has 7 aromatic carbocycles. The van der Waals surface area contributed by atoms with Crippen molar-refractivity contribution >= 4 is 17.1 Å². The number of nitrogens with zero attached hydrogens (tertiary/aromatic N) is 1. The first-order chi connectivity index (χ1) is 29.8. The first kappa shape index (κ1) is 41.4. The van der Waals surface area contributed by atoms with Gasteiger partial charge >= 0.3 is 0 Å². The van der Waals surface area contributed by atoms with Crippen molar-refractivity contribution in [3.63, 3.8) is 0 Å². The SMILES string of the molecule is CC(C)(C)c1cccc(-c2cc(-c3cc(C(C)(C)C)cc(C(C)(C)C)c3)ccc2N(c2ccc3c(c2)C(C)(C)c2ccccc2-3)c2ccc3c(c2)C2(CCCC2)c2ccccc2-3)c1. The van der Waals surface area contributed by atoms with Crippen molar-refractivity contribution in [2.75, 3.05) is 4.90 Å². The minimum Gasteiger partial charge on any atom is -0.310 e. The van der Waals surface area contributed by atoms with Gasteiger partial charge in [-0.15, -0.1) is 0 Å². The minimum absolute atomic E-state index is 0.00127. The molecule has 0 bridgehead atoms. The molecule has 0 saturated heterocycles. The molecule has 1 fully saturated rings. The Morgan fingerprint density at radius 1 is 0.381 bits per heavy atom. The van der Waals surface area contributed by atoms with Crippen molar-refractivity contribution < 1.29 is 0 Å². The summed E-state index contributed by atoms with van der Waals surface area (Å²) in [5, 5.41) is 0. The van der Waals surface area contributed by atoms with Gasteiger partial charge < -0.3 is 4.90 Å². The quantitative estimate of drug-likeness (QED) is 0.167. The Labute approximate surface area is 378 Å². The molecule has 7 aromatic rings. The van der Waals surface area contributed by atoms with Crippen LogP contribution in [-0.4, -0.2) is 0 Å². The van der Waals surface area contributed by atoms with E-state index in [0.717, 1.165) is 0 Å². The Bertz CT molecular complexity index is 2900. The number of benzene rings is 7. The molecule has 0 aliphatic heterocycles. The molecule has 1 nitrogen and oxygen atoms in total. The number of anilines is 3. The van der Waals surface area contributed by atoms with E-state index in [1.54, 1.807) is 0 Å². The molecule has 1 spiro atoms. The summed E-state index contributed by atoms with van der Waals surface area (Å²) in [6, 6.07) is 56.9. The van der Waals surface area contributed by atoms with E-state index in [0.29, 0.717) is 0 Å². The second kappa shape index (κ2) is 14.4. The Morgan fingerprint density at radius 2 is 0.905 bits per heavy atom. The van der Waals surface area contributed by atoms with E-state index in [1.807, 2.05) is 0 Å². The zero-order valence-electron chi connectivity index (χ0n) is 39.6. The fourth-order valence-corrected chi connectivity index (χ4v) is 11.3. The number of hydrogen-bond acceptors (Lipinski definition) is 1. The van der Waals surface area contributed by atoms with Crippen LogP contribution < -0.4 is 4.90 Å². The van der Waals surface area contributed by atoms with Crippen LogP contribution in [0.5, 0.6) is 0 Å². The molecule has 318 valence electrons. The number of fused-ring (bicyclic) bond motifs is 8. The van der Waals surface area contributed by atoms with Gasteiger partial charge in [0.2, 0.25) is 0 Å². The van der Waals surface area contributed by atoms with Gasteiger partial charge in [0.1, 0.15) is 0 Å². The third kappa shape index (κ3) is 6.81. The molecule has 0 N–H and O–H groups in total. The zero-order valence-corrected chi connectivity index (χ0v) is 39.6. The second-order valence-corrected chi connectivity index (χ2v) is 22.7. The minimum atomic E-state index is -0.127. The van der Waals surface area contributed by atoms with Gasteiger partial charge in [0.05, 0.1) is 5.69 Å². The zero-order chi connectivity index (χ0) is 44.3. The summed E-state index contributed by atoms with van der Waals surface area (Å²) in [5.74, 6) is 0. The molecule has 1 saturated carbocycles. The Morgan fingerprint density at radius 3 is 1.52 bits per heavy atom. The van der Waals surface area contributed by atoms with Gasteiger partial charge in [-0.2, -0.15) is 0 Å². The Hall–Kier alpha value is -5.66. The van der Waals surface area contributed by atoms with Crippen molar-refractivity contribution in [2.45, 2.75) is 129 Å². The van der Waals surface area contributed by atoms with E-state index in [2.05, 4.69) is 227 Å². The fraction of sp³-hybridized carbons (Fsp3) is 0.323. The number of hydrogen-bond donors (Lipinski definition) is 0. The Kier molecular flexibility index (Phi) is 9.47. The van der Waals surface area contributed by atoms with Crippen LogP contribution in [0.3, 0.4) is 0 Å². The lowest BCUT2D eigenvalue weighted by Gasteiger charge is -2.32. The third-order valence-electron chi connectivity index (χ3n) is 15.1. The van der Waals surface area contributed by atoms with E-state index in [-0.39, 0.29) is 27.1 Å². The molecule has 1 heteroatoms. The summed E-state index contributed by atoms with van der Waals surface area (Å²) >= 11 is 0. The third-order valence-corrected chi connectivity index (χ3v) is 15.1. The normalized spacial score (nSPS) is 15.9. The van der Waals surface area contributed by atoms with Crippen molar-refractivity contribution in [2.24, 2.45) is 0 Å². The molecule has 0 amide bonds. The van der Waals surface area contributed by atoms with Crippen LogP contribution in [0, 0.1) is 0 Å². The van der Waals surface area contributed by atoms with Crippen molar-refractivity contribution in [1.82, 2.24) is 0 Å². The van der Waals surface area contributed by atoms with Gasteiger partial charge in [-0.25, -0.2) is 0 Å². The lowest BCUT2D eigenvalue weighted by atomic mass is 9.76. The van der Waals surface area contributed by atoms with Gasteiger partial charge in [-0.1, -0.05) is 198 Å². The molecule has 0 radical (unpaired) electrons. The monoisotopic (exact) mass is 824 g/mol. The largest absolute Gasteiger partial charge is 0.310 e. The molecule has 63 heavy (non-hydrogen) atoms. The second-order valence-electron chi connectivity index (χ2n) is 22.7. The van der Waals surface area contributed by atoms with E-state index < -0.39 is 0 Å².